The molecule has 1 fully saturated rings. The van der Waals surface area contributed by atoms with E-state index in [1.807, 2.05) is 0 Å². The number of sulfonamides is 1. The Morgan fingerprint density at radius 3 is 2.42 bits per heavy atom. The molecule has 2 N–H and O–H groups in total. The van der Waals surface area contributed by atoms with Gasteiger partial charge < -0.3 is 10.1 Å². The van der Waals surface area contributed by atoms with Crippen molar-refractivity contribution < 1.29 is 17.9 Å². The molecule has 4 rings (SSSR count). The minimum atomic E-state index is -3.59. The molecule has 0 atom stereocenters. The van der Waals surface area contributed by atoms with E-state index >= 15 is 0 Å². The van der Waals surface area contributed by atoms with Crippen molar-refractivity contribution in [2.45, 2.75) is 4.90 Å². The van der Waals surface area contributed by atoms with E-state index in [1.54, 1.807) is 36.4 Å². The van der Waals surface area contributed by atoms with Crippen molar-refractivity contribution >= 4 is 44.8 Å². The lowest BCUT2D eigenvalue weighted by Crippen LogP contribution is -2.40. The summed E-state index contributed by atoms with van der Waals surface area (Å²) in [6, 6.07) is 12.7. The molecule has 162 valence electrons. The van der Waals surface area contributed by atoms with Crippen LogP contribution in [0, 0.1) is 0 Å². The van der Waals surface area contributed by atoms with Gasteiger partial charge in [0.05, 0.1) is 33.8 Å². The van der Waals surface area contributed by atoms with Gasteiger partial charge in [-0.1, -0.05) is 29.3 Å². The number of rotatable bonds is 5. The molecular formula is C20H18Cl2N4O4S. The van der Waals surface area contributed by atoms with Crippen molar-refractivity contribution in [3.63, 3.8) is 0 Å². The summed E-state index contributed by atoms with van der Waals surface area (Å²) in [4.78, 5) is 12.7. The van der Waals surface area contributed by atoms with Gasteiger partial charge >= 0.3 is 0 Å². The number of carbonyl (C=O) groups is 1. The molecule has 11 heteroatoms. The number of halogens is 2. The number of morpholine rings is 1. The Morgan fingerprint density at radius 1 is 1.03 bits per heavy atom. The van der Waals surface area contributed by atoms with Crippen molar-refractivity contribution in [1.82, 2.24) is 14.5 Å². The fraction of sp³-hybridized carbons (Fsp3) is 0.200. The fourth-order valence-electron chi connectivity index (χ4n) is 3.09. The number of aromatic amines is 1. The molecule has 31 heavy (non-hydrogen) atoms. The van der Waals surface area contributed by atoms with Crippen LogP contribution in [-0.4, -0.2) is 55.1 Å². The molecular weight excluding hydrogens is 463 g/mol. The molecule has 0 saturated carbocycles. The zero-order valence-corrected chi connectivity index (χ0v) is 18.5. The zero-order valence-electron chi connectivity index (χ0n) is 16.1. The number of amides is 1. The van der Waals surface area contributed by atoms with Crippen LogP contribution in [0.5, 0.6) is 0 Å². The molecule has 2 aromatic carbocycles. The molecule has 1 amide bonds. The van der Waals surface area contributed by atoms with Crippen molar-refractivity contribution in [2.24, 2.45) is 0 Å². The van der Waals surface area contributed by atoms with Crippen LogP contribution < -0.4 is 5.32 Å². The highest BCUT2D eigenvalue weighted by atomic mass is 35.5. The van der Waals surface area contributed by atoms with Gasteiger partial charge in [0.1, 0.15) is 5.69 Å². The molecule has 1 aromatic heterocycles. The summed E-state index contributed by atoms with van der Waals surface area (Å²) in [6.07, 6.45) is 0. The number of benzene rings is 2. The Morgan fingerprint density at radius 2 is 1.74 bits per heavy atom. The normalized spacial score (nSPS) is 15.0. The van der Waals surface area contributed by atoms with Crippen LogP contribution in [0.3, 0.4) is 0 Å². The number of hydrogen-bond donors (Lipinski definition) is 2. The highest BCUT2D eigenvalue weighted by molar-refractivity contribution is 7.89. The van der Waals surface area contributed by atoms with E-state index < -0.39 is 15.9 Å². The Hall–Kier alpha value is -2.43. The number of nitrogens with zero attached hydrogens (tertiary/aromatic N) is 2. The first-order valence-electron chi connectivity index (χ1n) is 9.35. The Labute approximate surface area is 189 Å². The molecule has 0 spiro atoms. The summed E-state index contributed by atoms with van der Waals surface area (Å²) < 4.78 is 31.9. The predicted octanol–water partition coefficient (Wildman–Crippen LogP) is 3.66. The second kappa shape index (κ2) is 8.97. The first kappa shape index (κ1) is 21.8. The third-order valence-electron chi connectivity index (χ3n) is 4.76. The molecule has 1 saturated heterocycles. The second-order valence-electron chi connectivity index (χ2n) is 6.79. The SMILES string of the molecule is O=C(Nc1ccc(S(=O)(=O)N2CCOCC2)cc1)c1cc(-c2ccc(Cl)c(Cl)c2)n[nH]1. The van der Waals surface area contributed by atoms with Gasteiger partial charge in [-0.15, -0.1) is 0 Å². The maximum atomic E-state index is 12.7. The molecule has 0 bridgehead atoms. The molecule has 0 radical (unpaired) electrons. The summed E-state index contributed by atoms with van der Waals surface area (Å²) in [7, 11) is -3.59. The minimum absolute atomic E-state index is 0.163. The highest BCUT2D eigenvalue weighted by Crippen LogP contribution is 2.28. The van der Waals surface area contributed by atoms with E-state index in [2.05, 4.69) is 15.5 Å². The van der Waals surface area contributed by atoms with Gasteiger partial charge in [-0.05, 0) is 42.5 Å². The Kier molecular flexibility index (Phi) is 6.31. The van der Waals surface area contributed by atoms with E-state index in [9.17, 15) is 13.2 Å². The van der Waals surface area contributed by atoms with Crippen LogP contribution in [0.4, 0.5) is 5.69 Å². The fourth-order valence-corrected chi connectivity index (χ4v) is 4.79. The summed E-state index contributed by atoms with van der Waals surface area (Å²) >= 11 is 12.0. The predicted molar refractivity (Wildman–Crippen MR) is 118 cm³/mol. The third-order valence-corrected chi connectivity index (χ3v) is 7.41. The zero-order chi connectivity index (χ0) is 22.0. The molecule has 0 aliphatic carbocycles. The number of nitrogens with one attached hydrogen (secondary N) is 2. The average Bonchev–Trinajstić information content (AvgIpc) is 3.27. The monoisotopic (exact) mass is 480 g/mol. The lowest BCUT2D eigenvalue weighted by molar-refractivity contribution is 0.0730. The second-order valence-corrected chi connectivity index (χ2v) is 9.54. The number of hydrogen-bond acceptors (Lipinski definition) is 5. The van der Waals surface area contributed by atoms with Crippen molar-refractivity contribution in [1.29, 1.82) is 0 Å². The van der Waals surface area contributed by atoms with Crippen molar-refractivity contribution in [3.05, 3.63) is 64.3 Å². The molecule has 8 nitrogen and oxygen atoms in total. The van der Waals surface area contributed by atoms with Gasteiger partial charge in [-0.25, -0.2) is 8.42 Å². The number of carbonyl (C=O) groups excluding carboxylic acids is 1. The average molecular weight is 481 g/mol. The van der Waals surface area contributed by atoms with Crippen molar-refractivity contribution in [2.75, 3.05) is 31.6 Å². The van der Waals surface area contributed by atoms with Crippen LogP contribution in [0.1, 0.15) is 10.5 Å². The number of ether oxygens (including phenoxy) is 1. The lowest BCUT2D eigenvalue weighted by Gasteiger charge is -2.26. The molecule has 2 heterocycles. The molecule has 1 aliphatic rings. The summed E-state index contributed by atoms with van der Waals surface area (Å²) in [5.41, 5.74) is 1.95. The van der Waals surface area contributed by atoms with Gasteiger partial charge in [-0.3, -0.25) is 9.89 Å². The van der Waals surface area contributed by atoms with E-state index in [4.69, 9.17) is 27.9 Å². The third kappa shape index (κ3) is 4.76. The number of aromatic nitrogens is 2. The van der Waals surface area contributed by atoms with Gasteiger partial charge in [0.25, 0.3) is 5.91 Å². The first-order valence-corrected chi connectivity index (χ1v) is 11.5. The Balaban J connectivity index is 1.45. The van der Waals surface area contributed by atoms with E-state index in [-0.39, 0.29) is 10.6 Å². The van der Waals surface area contributed by atoms with Gasteiger partial charge in [-0.2, -0.15) is 9.40 Å². The van der Waals surface area contributed by atoms with Gasteiger partial charge in [0.2, 0.25) is 10.0 Å². The summed E-state index contributed by atoms with van der Waals surface area (Å²) in [5.74, 6) is -0.414. The molecule has 1 aliphatic heterocycles. The quantitative estimate of drug-likeness (QED) is 0.579. The van der Waals surface area contributed by atoms with E-state index in [0.29, 0.717) is 53.3 Å². The smallest absolute Gasteiger partial charge is 0.273 e. The first-order chi connectivity index (χ1) is 14.8. The topological polar surface area (TPSA) is 104 Å². The maximum Gasteiger partial charge on any atom is 0.273 e. The number of anilines is 1. The van der Waals surface area contributed by atoms with Crippen LogP contribution >= 0.6 is 23.2 Å². The number of H-pyrrole nitrogens is 1. The van der Waals surface area contributed by atoms with Crippen LogP contribution in [0.25, 0.3) is 11.3 Å². The summed E-state index contributed by atoms with van der Waals surface area (Å²) in [5, 5.41) is 10.4. The Bertz CT molecular complexity index is 1210. The van der Waals surface area contributed by atoms with E-state index in [1.165, 1.54) is 16.4 Å². The van der Waals surface area contributed by atoms with Gasteiger partial charge in [0, 0.05) is 24.3 Å². The van der Waals surface area contributed by atoms with E-state index in [0.717, 1.165) is 0 Å². The largest absolute Gasteiger partial charge is 0.379 e. The summed E-state index contributed by atoms with van der Waals surface area (Å²) in [6.45, 7) is 1.40. The maximum absolute atomic E-state index is 12.7. The standard InChI is InChI=1S/C20H18Cl2N4O4S/c21-16-6-1-13(11-17(16)22)18-12-19(25-24-18)20(27)23-14-2-4-15(5-3-14)31(28,29)26-7-9-30-10-8-26/h1-6,11-12H,7-10H2,(H,23,27)(H,24,25). The highest BCUT2D eigenvalue weighted by Gasteiger charge is 2.26. The van der Waals surface area contributed by atoms with Crippen LogP contribution in [-0.2, 0) is 14.8 Å². The van der Waals surface area contributed by atoms with Gasteiger partial charge in [0.15, 0.2) is 0 Å². The lowest BCUT2D eigenvalue weighted by atomic mass is 10.1. The van der Waals surface area contributed by atoms with Crippen LogP contribution in [0.2, 0.25) is 10.0 Å². The molecule has 3 aromatic rings. The van der Waals surface area contributed by atoms with Crippen molar-refractivity contribution in [3.8, 4) is 11.3 Å². The molecule has 0 unspecified atom stereocenters. The van der Waals surface area contributed by atoms with Crippen LogP contribution in [0.15, 0.2) is 53.4 Å². The minimum Gasteiger partial charge on any atom is -0.379 e.